The molecule has 0 aliphatic carbocycles. The minimum Gasteiger partial charge on any atom is -0.409 e. The van der Waals surface area contributed by atoms with Crippen LogP contribution in [0.5, 0.6) is 0 Å². The van der Waals surface area contributed by atoms with Gasteiger partial charge in [0.15, 0.2) is 5.69 Å². The predicted molar refractivity (Wildman–Crippen MR) is 90.1 cm³/mol. The third-order valence-electron chi connectivity index (χ3n) is 3.03. The number of para-hydroxylation sites is 1. The number of amidine groups is 1. The SMILES string of the molecule is O/N=C(/Nc1ccc(F)c(Br)c1)c1nonc1Nc1ccccc1. The Morgan fingerprint density at radius 1 is 1.12 bits per heavy atom. The van der Waals surface area contributed by atoms with Gasteiger partial charge in [-0.05, 0) is 56.6 Å². The largest absolute Gasteiger partial charge is 0.409 e. The zero-order chi connectivity index (χ0) is 16.9. The first-order chi connectivity index (χ1) is 11.7. The molecule has 24 heavy (non-hydrogen) atoms. The number of hydrogen-bond donors (Lipinski definition) is 3. The molecule has 0 spiro atoms. The minimum absolute atomic E-state index is 0.00631. The average molecular weight is 392 g/mol. The topological polar surface area (TPSA) is 95.6 Å². The van der Waals surface area contributed by atoms with Gasteiger partial charge in [0.1, 0.15) is 5.82 Å². The fourth-order valence-corrected chi connectivity index (χ4v) is 2.31. The smallest absolute Gasteiger partial charge is 0.206 e. The summed E-state index contributed by atoms with van der Waals surface area (Å²) in [6, 6.07) is 13.5. The lowest BCUT2D eigenvalue weighted by molar-refractivity contribution is 0.305. The Balaban J connectivity index is 1.84. The number of nitrogens with one attached hydrogen (secondary N) is 2. The van der Waals surface area contributed by atoms with Crippen molar-refractivity contribution in [2.45, 2.75) is 0 Å². The quantitative estimate of drug-likeness (QED) is 0.269. The predicted octanol–water partition coefficient (Wildman–Crippen LogP) is 3.96. The van der Waals surface area contributed by atoms with Crippen molar-refractivity contribution in [3.63, 3.8) is 0 Å². The van der Waals surface area contributed by atoms with Crippen LogP contribution in [-0.2, 0) is 0 Å². The normalized spacial score (nSPS) is 11.3. The van der Waals surface area contributed by atoms with Crippen molar-refractivity contribution in [1.82, 2.24) is 10.3 Å². The maximum atomic E-state index is 13.3. The maximum absolute atomic E-state index is 13.3. The van der Waals surface area contributed by atoms with Crippen LogP contribution in [0.2, 0.25) is 0 Å². The molecule has 1 heterocycles. The van der Waals surface area contributed by atoms with Gasteiger partial charge < -0.3 is 15.8 Å². The van der Waals surface area contributed by atoms with Gasteiger partial charge in [-0.3, -0.25) is 0 Å². The van der Waals surface area contributed by atoms with E-state index in [-0.39, 0.29) is 21.8 Å². The molecule has 0 saturated heterocycles. The first-order valence-corrected chi connectivity index (χ1v) is 7.56. The molecule has 7 nitrogen and oxygen atoms in total. The molecule has 9 heteroatoms. The first kappa shape index (κ1) is 15.9. The molecule has 0 unspecified atom stereocenters. The Bertz CT molecular complexity index is 869. The number of aromatic nitrogens is 2. The van der Waals surface area contributed by atoms with Crippen LogP contribution in [0.4, 0.5) is 21.6 Å². The number of rotatable bonds is 4. The first-order valence-electron chi connectivity index (χ1n) is 6.76. The summed E-state index contributed by atoms with van der Waals surface area (Å²) in [5.41, 5.74) is 1.42. The highest BCUT2D eigenvalue weighted by Crippen LogP contribution is 2.22. The molecule has 3 aromatic rings. The van der Waals surface area contributed by atoms with E-state index in [9.17, 15) is 9.60 Å². The molecule has 0 saturated carbocycles. The van der Waals surface area contributed by atoms with Crippen LogP contribution in [0, 0.1) is 5.82 Å². The maximum Gasteiger partial charge on any atom is 0.206 e. The van der Waals surface area contributed by atoms with Gasteiger partial charge in [0.25, 0.3) is 0 Å². The molecule has 0 aliphatic rings. The van der Waals surface area contributed by atoms with Gasteiger partial charge in [0, 0.05) is 11.4 Å². The fraction of sp³-hybridized carbons (Fsp3) is 0. The summed E-state index contributed by atoms with van der Waals surface area (Å²) in [5, 5.41) is 25.8. The zero-order valence-electron chi connectivity index (χ0n) is 12.1. The summed E-state index contributed by atoms with van der Waals surface area (Å²) in [6.07, 6.45) is 0. The summed E-state index contributed by atoms with van der Waals surface area (Å²) in [6.45, 7) is 0. The van der Waals surface area contributed by atoms with E-state index >= 15 is 0 Å². The molecule has 3 N–H and O–H groups in total. The van der Waals surface area contributed by atoms with E-state index in [0.717, 1.165) is 5.69 Å². The van der Waals surface area contributed by atoms with Crippen LogP contribution in [-0.4, -0.2) is 21.4 Å². The van der Waals surface area contributed by atoms with Crippen molar-refractivity contribution in [3.8, 4) is 0 Å². The standard InChI is InChI=1S/C15H11BrFN5O2/c16-11-8-10(6-7-12(11)17)19-14(20-23)13-15(22-24-21-13)18-9-4-2-1-3-5-9/h1-8,23H,(H,18,22)(H,19,20). The number of hydrogen-bond acceptors (Lipinski definition) is 6. The second kappa shape index (κ2) is 7.09. The van der Waals surface area contributed by atoms with Gasteiger partial charge in [-0.1, -0.05) is 23.4 Å². The Morgan fingerprint density at radius 3 is 2.62 bits per heavy atom. The molecule has 0 bridgehead atoms. The lowest BCUT2D eigenvalue weighted by Crippen LogP contribution is -2.16. The van der Waals surface area contributed by atoms with Crippen LogP contribution in [0.15, 0.2) is 62.8 Å². The minimum atomic E-state index is -0.405. The molecule has 0 atom stereocenters. The molecule has 0 aliphatic heterocycles. The molecule has 0 radical (unpaired) electrons. The fourth-order valence-electron chi connectivity index (χ4n) is 1.93. The van der Waals surface area contributed by atoms with Crippen molar-refractivity contribution in [2.75, 3.05) is 10.6 Å². The van der Waals surface area contributed by atoms with Crippen LogP contribution < -0.4 is 10.6 Å². The second-order valence-electron chi connectivity index (χ2n) is 4.65. The monoisotopic (exact) mass is 391 g/mol. The van der Waals surface area contributed by atoms with Gasteiger partial charge in [0.2, 0.25) is 11.7 Å². The lowest BCUT2D eigenvalue weighted by atomic mass is 10.3. The zero-order valence-corrected chi connectivity index (χ0v) is 13.7. The number of benzene rings is 2. The number of nitrogens with zero attached hydrogens (tertiary/aromatic N) is 3. The summed E-state index contributed by atoms with van der Waals surface area (Å²) in [4.78, 5) is 0. The molecular formula is C15H11BrFN5O2. The van der Waals surface area contributed by atoms with Gasteiger partial charge in [-0.25, -0.2) is 9.02 Å². The Hall–Kier alpha value is -2.94. The van der Waals surface area contributed by atoms with E-state index in [1.807, 2.05) is 30.3 Å². The van der Waals surface area contributed by atoms with Crippen molar-refractivity contribution < 1.29 is 14.2 Å². The van der Waals surface area contributed by atoms with Crippen molar-refractivity contribution in [1.29, 1.82) is 0 Å². The van der Waals surface area contributed by atoms with Gasteiger partial charge in [0.05, 0.1) is 4.47 Å². The highest BCUT2D eigenvalue weighted by Gasteiger charge is 2.18. The van der Waals surface area contributed by atoms with E-state index < -0.39 is 5.82 Å². The molecular weight excluding hydrogens is 381 g/mol. The van der Waals surface area contributed by atoms with E-state index in [2.05, 4.69) is 42.0 Å². The number of anilines is 3. The molecule has 3 rings (SSSR count). The molecule has 2 aromatic carbocycles. The van der Waals surface area contributed by atoms with E-state index in [4.69, 9.17) is 4.63 Å². The lowest BCUT2D eigenvalue weighted by Gasteiger charge is -2.08. The van der Waals surface area contributed by atoms with Crippen LogP contribution in [0.3, 0.4) is 0 Å². The van der Waals surface area contributed by atoms with Gasteiger partial charge in [-0.15, -0.1) is 0 Å². The van der Waals surface area contributed by atoms with E-state index in [0.29, 0.717) is 5.69 Å². The Morgan fingerprint density at radius 2 is 1.92 bits per heavy atom. The molecule has 122 valence electrons. The highest BCUT2D eigenvalue weighted by atomic mass is 79.9. The Labute approximate surface area is 144 Å². The molecule has 0 amide bonds. The van der Waals surface area contributed by atoms with Gasteiger partial charge >= 0.3 is 0 Å². The number of halogens is 2. The number of oxime groups is 1. The van der Waals surface area contributed by atoms with Crippen LogP contribution >= 0.6 is 15.9 Å². The van der Waals surface area contributed by atoms with Crippen LogP contribution in [0.1, 0.15) is 5.69 Å². The van der Waals surface area contributed by atoms with E-state index in [1.165, 1.54) is 18.2 Å². The third kappa shape index (κ3) is 3.51. The summed E-state index contributed by atoms with van der Waals surface area (Å²) in [5.74, 6) is -0.145. The van der Waals surface area contributed by atoms with Crippen molar-refractivity contribution in [3.05, 3.63) is 64.5 Å². The second-order valence-corrected chi connectivity index (χ2v) is 5.51. The summed E-state index contributed by atoms with van der Waals surface area (Å²) in [7, 11) is 0. The highest BCUT2D eigenvalue weighted by molar-refractivity contribution is 9.10. The van der Waals surface area contributed by atoms with Crippen LogP contribution in [0.25, 0.3) is 0 Å². The van der Waals surface area contributed by atoms with Crippen molar-refractivity contribution >= 4 is 39.0 Å². The van der Waals surface area contributed by atoms with Crippen molar-refractivity contribution in [2.24, 2.45) is 5.16 Å². The summed E-state index contributed by atoms with van der Waals surface area (Å²) < 4.78 is 18.3. The van der Waals surface area contributed by atoms with Gasteiger partial charge in [-0.2, -0.15) is 0 Å². The summed E-state index contributed by atoms with van der Waals surface area (Å²) >= 11 is 3.09. The Kier molecular flexibility index (Phi) is 4.71. The average Bonchev–Trinajstić information content (AvgIpc) is 3.05. The molecule has 1 aromatic heterocycles. The van der Waals surface area contributed by atoms with E-state index in [1.54, 1.807) is 0 Å². The molecule has 0 fully saturated rings. The third-order valence-corrected chi connectivity index (χ3v) is 3.64.